The lowest BCUT2D eigenvalue weighted by Gasteiger charge is -2.15. The third-order valence-electron chi connectivity index (χ3n) is 3.84. The van der Waals surface area contributed by atoms with Gasteiger partial charge in [0.1, 0.15) is 5.56 Å². The van der Waals surface area contributed by atoms with Crippen molar-refractivity contribution in [3.63, 3.8) is 0 Å². The molecule has 1 atom stereocenters. The number of aromatic nitrogens is 1. The van der Waals surface area contributed by atoms with Crippen molar-refractivity contribution in [2.75, 3.05) is 12.3 Å². The van der Waals surface area contributed by atoms with Crippen LogP contribution in [0, 0.1) is 20.8 Å². The Morgan fingerprint density at radius 2 is 2.00 bits per heavy atom. The van der Waals surface area contributed by atoms with Crippen molar-refractivity contribution in [1.82, 2.24) is 10.5 Å². The lowest BCUT2D eigenvalue weighted by Crippen LogP contribution is -2.31. The first-order valence-corrected chi connectivity index (χ1v) is 7.55. The molecule has 0 saturated heterocycles. The summed E-state index contributed by atoms with van der Waals surface area (Å²) < 4.78 is 9.65. The smallest absolute Gasteiger partial charge is 0.346 e. The number of amides is 1. The van der Waals surface area contributed by atoms with E-state index in [0.29, 0.717) is 5.69 Å². The fourth-order valence-electron chi connectivity index (χ4n) is 2.24. The number of esters is 1. The van der Waals surface area contributed by atoms with Gasteiger partial charge in [-0.2, -0.15) is 0 Å². The number of nitrogens with zero attached hydrogens (tertiary/aromatic N) is 1. The summed E-state index contributed by atoms with van der Waals surface area (Å²) in [6, 6.07) is 5.79. The number of carbonyl (C=O) groups is 2. The first-order chi connectivity index (χ1) is 11.3. The van der Waals surface area contributed by atoms with Crippen LogP contribution in [0.1, 0.15) is 45.7 Å². The average molecular weight is 331 g/mol. The fraction of sp³-hybridized carbons (Fsp3) is 0.353. The summed E-state index contributed by atoms with van der Waals surface area (Å²) in [4.78, 5) is 23.9. The fourth-order valence-corrected chi connectivity index (χ4v) is 2.24. The van der Waals surface area contributed by atoms with Crippen LogP contribution in [-0.2, 0) is 9.53 Å². The molecule has 0 fully saturated rings. The predicted molar refractivity (Wildman–Crippen MR) is 88.4 cm³/mol. The third kappa shape index (κ3) is 3.92. The number of ether oxygens (including phenoxy) is 1. The maximum Gasteiger partial charge on any atom is 0.346 e. The second-order valence-corrected chi connectivity index (χ2v) is 5.72. The van der Waals surface area contributed by atoms with E-state index in [4.69, 9.17) is 15.0 Å². The van der Waals surface area contributed by atoms with E-state index < -0.39 is 18.5 Å². The highest BCUT2D eigenvalue weighted by Crippen LogP contribution is 2.18. The molecule has 0 aliphatic heterocycles. The first-order valence-electron chi connectivity index (χ1n) is 7.55. The second kappa shape index (κ2) is 7.16. The van der Waals surface area contributed by atoms with E-state index >= 15 is 0 Å². The van der Waals surface area contributed by atoms with Gasteiger partial charge in [-0.25, -0.2) is 4.79 Å². The molecule has 0 aliphatic rings. The zero-order chi connectivity index (χ0) is 17.9. The molecular formula is C17H21N3O4. The van der Waals surface area contributed by atoms with Crippen molar-refractivity contribution in [3.8, 4) is 0 Å². The number of rotatable bonds is 5. The van der Waals surface area contributed by atoms with E-state index in [9.17, 15) is 9.59 Å². The highest BCUT2D eigenvalue weighted by atomic mass is 16.5. The van der Waals surface area contributed by atoms with E-state index in [1.165, 1.54) is 5.56 Å². The summed E-state index contributed by atoms with van der Waals surface area (Å²) in [7, 11) is 0. The van der Waals surface area contributed by atoms with Gasteiger partial charge in [0.05, 0.1) is 11.7 Å². The zero-order valence-electron chi connectivity index (χ0n) is 14.2. The number of hydrogen-bond acceptors (Lipinski definition) is 6. The molecule has 7 nitrogen and oxygen atoms in total. The summed E-state index contributed by atoms with van der Waals surface area (Å²) in [5.41, 5.74) is 9.19. The van der Waals surface area contributed by atoms with Gasteiger partial charge in [0.2, 0.25) is 5.88 Å². The number of anilines is 1. The maximum absolute atomic E-state index is 12.0. The van der Waals surface area contributed by atoms with Crippen LogP contribution in [-0.4, -0.2) is 23.6 Å². The van der Waals surface area contributed by atoms with Gasteiger partial charge in [-0.05, 0) is 44.4 Å². The maximum atomic E-state index is 12.0. The van der Waals surface area contributed by atoms with Crippen LogP contribution in [0.15, 0.2) is 22.7 Å². The highest BCUT2D eigenvalue weighted by Gasteiger charge is 2.21. The van der Waals surface area contributed by atoms with Gasteiger partial charge in [-0.3, -0.25) is 4.79 Å². The van der Waals surface area contributed by atoms with Crippen LogP contribution < -0.4 is 11.1 Å². The molecule has 0 spiro atoms. The molecule has 1 aromatic carbocycles. The lowest BCUT2D eigenvalue weighted by molar-refractivity contribution is -0.124. The number of nitrogens with two attached hydrogens (primary N) is 1. The average Bonchev–Trinajstić information content (AvgIpc) is 2.86. The van der Waals surface area contributed by atoms with Crippen molar-refractivity contribution in [2.24, 2.45) is 0 Å². The van der Waals surface area contributed by atoms with Gasteiger partial charge in [-0.15, -0.1) is 0 Å². The number of nitrogen functional groups attached to an aromatic ring is 1. The molecule has 1 amide bonds. The van der Waals surface area contributed by atoms with Crippen molar-refractivity contribution < 1.29 is 18.8 Å². The van der Waals surface area contributed by atoms with Gasteiger partial charge in [-0.1, -0.05) is 23.4 Å². The van der Waals surface area contributed by atoms with Gasteiger partial charge in [0.25, 0.3) is 5.91 Å². The monoisotopic (exact) mass is 331 g/mol. The molecule has 24 heavy (non-hydrogen) atoms. The molecule has 128 valence electrons. The Balaban J connectivity index is 1.91. The summed E-state index contributed by atoms with van der Waals surface area (Å²) in [6.45, 7) is 7.07. The Hall–Kier alpha value is -2.83. The lowest BCUT2D eigenvalue weighted by atomic mass is 10.0. The molecule has 2 rings (SSSR count). The molecule has 1 aromatic heterocycles. The van der Waals surface area contributed by atoms with Gasteiger partial charge in [0, 0.05) is 0 Å². The number of benzene rings is 1. The summed E-state index contributed by atoms with van der Waals surface area (Å²) >= 11 is 0. The van der Waals surface area contributed by atoms with E-state index in [1.807, 2.05) is 39.0 Å². The van der Waals surface area contributed by atoms with E-state index in [0.717, 1.165) is 11.1 Å². The minimum Gasteiger partial charge on any atom is -0.452 e. The largest absolute Gasteiger partial charge is 0.452 e. The van der Waals surface area contributed by atoms with Crippen molar-refractivity contribution in [2.45, 2.75) is 33.7 Å². The van der Waals surface area contributed by atoms with Crippen LogP contribution in [0.5, 0.6) is 0 Å². The minimum atomic E-state index is -0.736. The van der Waals surface area contributed by atoms with Crippen LogP contribution >= 0.6 is 0 Å². The summed E-state index contributed by atoms with van der Waals surface area (Å²) in [6.07, 6.45) is 0. The number of hydrogen-bond donors (Lipinski definition) is 2. The van der Waals surface area contributed by atoms with Crippen molar-refractivity contribution in [3.05, 3.63) is 46.1 Å². The molecule has 3 N–H and O–H groups in total. The Bertz CT molecular complexity index is 748. The van der Waals surface area contributed by atoms with Crippen LogP contribution in [0.2, 0.25) is 0 Å². The summed E-state index contributed by atoms with van der Waals surface area (Å²) in [5.74, 6) is -1.26. The van der Waals surface area contributed by atoms with Crippen molar-refractivity contribution in [1.29, 1.82) is 0 Å². The third-order valence-corrected chi connectivity index (χ3v) is 3.84. The van der Waals surface area contributed by atoms with Crippen molar-refractivity contribution >= 4 is 17.8 Å². The van der Waals surface area contributed by atoms with Crippen LogP contribution in [0.25, 0.3) is 0 Å². The van der Waals surface area contributed by atoms with Crippen LogP contribution in [0.4, 0.5) is 5.88 Å². The Labute approximate surface area is 140 Å². The zero-order valence-corrected chi connectivity index (χ0v) is 14.2. The molecule has 0 bridgehead atoms. The molecule has 0 aliphatic carbocycles. The molecule has 0 radical (unpaired) electrons. The number of carbonyl (C=O) groups excluding carboxylic acids is 2. The van der Waals surface area contributed by atoms with Crippen LogP contribution in [0.3, 0.4) is 0 Å². The molecular weight excluding hydrogens is 310 g/mol. The second-order valence-electron chi connectivity index (χ2n) is 5.72. The molecule has 0 saturated carbocycles. The number of aryl methyl sites for hydroxylation is 3. The molecule has 2 aromatic rings. The number of nitrogens with one attached hydrogen (secondary N) is 1. The quantitative estimate of drug-likeness (QED) is 0.813. The Morgan fingerprint density at radius 1 is 1.29 bits per heavy atom. The van der Waals surface area contributed by atoms with E-state index in [1.54, 1.807) is 6.92 Å². The molecule has 7 heteroatoms. The normalized spacial score (nSPS) is 11.8. The van der Waals surface area contributed by atoms with Gasteiger partial charge in [0.15, 0.2) is 6.61 Å². The topological polar surface area (TPSA) is 107 Å². The van der Waals surface area contributed by atoms with Gasteiger partial charge >= 0.3 is 5.97 Å². The highest BCUT2D eigenvalue weighted by molar-refractivity contribution is 5.96. The SMILES string of the molecule is Cc1ccc(C(C)NC(=O)COC(=O)c2c(C)noc2N)cc1C. The Morgan fingerprint density at radius 3 is 2.58 bits per heavy atom. The van der Waals surface area contributed by atoms with Gasteiger partial charge < -0.3 is 20.3 Å². The summed E-state index contributed by atoms with van der Waals surface area (Å²) in [5, 5.41) is 6.35. The minimum absolute atomic E-state index is 0.0463. The molecule has 1 heterocycles. The standard InChI is InChI=1S/C17H21N3O4/c1-9-5-6-13(7-10(9)2)11(3)19-14(21)8-23-17(22)15-12(4)20-24-16(15)18/h5-7,11H,8,18H2,1-4H3,(H,19,21). The Kier molecular flexibility index (Phi) is 5.23. The van der Waals surface area contributed by atoms with E-state index in [-0.39, 0.29) is 17.5 Å². The molecule has 1 unspecified atom stereocenters. The predicted octanol–water partition coefficient (Wildman–Crippen LogP) is 2.22. The first kappa shape index (κ1) is 17.5. The van der Waals surface area contributed by atoms with E-state index in [2.05, 4.69) is 10.5 Å².